The van der Waals surface area contributed by atoms with Crippen LogP contribution in [0.3, 0.4) is 0 Å². The van der Waals surface area contributed by atoms with Gasteiger partial charge in [0.05, 0.1) is 24.0 Å². The van der Waals surface area contributed by atoms with E-state index in [9.17, 15) is 4.79 Å². The number of halogens is 1. The third kappa shape index (κ3) is 3.09. The van der Waals surface area contributed by atoms with E-state index in [0.717, 1.165) is 0 Å². The molecule has 1 N–H and O–H groups in total. The predicted molar refractivity (Wildman–Crippen MR) is 90.4 cm³/mol. The van der Waals surface area contributed by atoms with Crippen LogP contribution in [0.25, 0.3) is 11.3 Å². The summed E-state index contributed by atoms with van der Waals surface area (Å²) in [4.78, 5) is 16.7. The average molecular weight is 344 g/mol. The van der Waals surface area contributed by atoms with E-state index in [-0.39, 0.29) is 5.91 Å². The highest BCUT2D eigenvalue weighted by Crippen LogP contribution is 2.31. The van der Waals surface area contributed by atoms with Gasteiger partial charge in [-0.3, -0.25) is 4.79 Å². The average Bonchev–Trinajstić information content (AvgIpc) is 2.97. The van der Waals surface area contributed by atoms with Gasteiger partial charge < -0.3 is 14.6 Å². The lowest BCUT2D eigenvalue weighted by Crippen LogP contribution is -2.13. The number of benzene rings is 1. The van der Waals surface area contributed by atoms with Gasteiger partial charge in [0.15, 0.2) is 0 Å². The number of carbonyl (C=O) groups is 1. The van der Waals surface area contributed by atoms with Crippen LogP contribution in [0.5, 0.6) is 5.88 Å². The second-order valence-electron chi connectivity index (χ2n) is 4.99. The SMILES string of the molecule is COc1ccc(NC(=O)c2c(-c3ccccc3Cl)noc2C)cn1. The van der Waals surface area contributed by atoms with Crippen LogP contribution < -0.4 is 10.1 Å². The lowest BCUT2D eigenvalue weighted by atomic mass is 10.1. The number of aryl methyl sites for hydroxylation is 1. The van der Waals surface area contributed by atoms with Crippen molar-refractivity contribution >= 4 is 23.2 Å². The summed E-state index contributed by atoms with van der Waals surface area (Å²) in [6, 6.07) is 10.5. The van der Waals surface area contributed by atoms with Gasteiger partial charge in [-0.1, -0.05) is 35.0 Å². The molecule has 3 rings (SSSR count). The van der Waals surface area contributed by atoms with E-state index in [1.165, 1.54) is 13.3 Å². The first kappa shape index (κ1) is 16.0. The number of anilines is 1. The summed E-state index contributed by atoms with van der Waals surface area (Å²) >= 11 is 6.20. The number of hydrogen-bond acceptors (Lipinski definition) is 5. The van der Waals surface area contributed by atoms with E-state index < -0.39 is 0 Å². The van der Waals surface area contributed by atoms with Crippen molar-refractivity contribution in [1.29, 1.82) is 0 Å². The monoisotopic (exact) mass is 343 g/mol. The van der Waals surface area contributed by atoms with Crippen LogP contribution in [-0.2, 0) is 0 Å². The third-order valence-corrected chi connectivity index (χ3v) is 3.75. The molecule has 0 atom stereocenters. The maximum atomic E-state index is 12.6. The first-order chi connectivity index (χ1) is 11.6. The van der Waals surface area contributed by atoms with Gasteiger partial charge in [0.25, 0.3) is 5.91 Å². The van der Waals surface area contributed by atoms with Crippen LogP contribution in [-0.4, -0.2) is 23.2 Å². The van der Waals surface area contributed by atoms with Crippen LogP contribution in [0.1, 0.15) is 16.1 Å². The molecule has 0 fully saturated rings. The molecule has 2 aromatic heterocycles. The smallest absolute Gasteiger partial charge is 0.261 e. The topological polar surface area (TPSA) is 77.2 Å². The minimum atomic E-state index is -0.351. The number of ether oxygens (including phenoxy) is 1. The molecule has 1 amide bonds. The van der Waals surface area contributed by atoms with Crippen LogP contribution in [0.2, 0.25) is 5.02 Å². The molecule has 122 valence electrons. The van der Waals surface area contributed by atoms with Gasteiger partial charge in [0.1, 0.15) is 17.0 Å². The fourth-order valence-corrected chi connectivity index (χ4v) is 2.47. The number of pyridine rings is 1. The Balaban J connectivity index is 1.93. The largest absolute Gasteiger partial charge is 0.481 e. The van der Waals surface area contributed by atoms with Crippen molar-refractivity contribution in [3.8, 4) is 17.1 Å². The number of nitrogens with zero attached hydrogens (tertiary/aromatic N) is 2. The van der Waals surface area contributed by atoms with Gasteiger partial charge in [-0.05, 0) is 19.1 Å². The van der Waals surface area contributed by atoms with Gasteiger partial charge in [0, 0.05) is 11.6 Å². The van der Waals surface area contributed by atoms with Crippen molar-refractivity contribution in [3.63, 3.8) is 0 Å². The van der Waals surface area contributed by atoms with Gasteiger partial charge in [-0.15, -0.1) is 0 Å². The number of hydrogen-bond donors (Lipinski definition) is 1. The zero-order chi connectivity index (χ0) is 17.1. The van der Waals surface area contributed by atoms with E-state index in [4.69, 9.17) is 20.9 Å². The zero-order valence-electron chi connectivity index (χ0n) is 13.0. The number of amides is 1. The first-order valence-corrected chi connectivity index (χ1v) is 7.50. The summed E-state index contributed by atoms with van der Waals surface area (Å²) in [5, 5.41) is 7.24. The Bertz CT molecular complexity index is 875. The molecule has 0 aliphatic rings. The van der Waals surface area contributed by atoms with Crippen LogP contribution in [0, 0.1) is 6.92 Å². The standard InChI is InChI=1S/C17H14ClN3O3/c1-10-15(16(21-24-10)12-5-3-4-6-13(12)18)17(22)20-11-7-8-14(23-2)19-9-11/h3-9H,1-2H3,(H,20,22). The lowest BCUT2D eigenvalue weighted by molar-refractivity contribution is 0.102. The molecule has 6 nitrogen and oxygen atoms in total. The Morgan fingerprint density at radius 3 is 2.71 bits per heavy atom. The van der Waals surface area contributed by atoms with Crippen LogP contribution >= 0.6 is 11.6 Å². The predicted octanol–water partition coefficient (Wildman–Crippen LogP) is 3.96. The molecule has 2 heterocycles. The lowest BCUT2D eigenvalue weighted by Gasteiger charge is -2.07. The number of aromatic nitrogens is 2. The molecule has 0 spiro atoms. The highest BCUT2D eigenvalue weighted by Gasteiger charge is 2.23. The summed E-state index contributed by atoms with van der Waals surface area (Å²) in [5.74, 6) is 0.519. The van der Waals surface area contributed by atoms with Crippen LogP contribution in [0.15, 0.2) is 47.1 Å². The molecule has 0 radical (unpaired) electrons. The van der Waals surface area contributed by atoms with Crippen molar-refractivity contribution in [2.45, 2.75) is 6.92 Å². The molecular weight excluding hydrogens is 330 g/mol. The van der Waals surface area contributed by atoms with E-state index >= 15 is 0 Å². The number of methoxy groups -OCH3 is 1. The van der Waals surface area contributed by atoms with Crippen LogP contribution in [0.4, 0.5) is 5.69 Å². The Hall–Kier alpha value is -2.86. The second-order valence-corrected chi connectivity index (χ2v) is 5.39. The van der Waals surface area contributed by atoms with Gasteiger partial charge in [-0.25, -0.2) is 4.98 Å². The minimum Gasteiger partial charge on any atom is -0.481 e. The molecule has 0 aliphatic heterocycles. The first-order valence-electron chi connectivity index (χ1n) is 7.12. The van der Waals surface area contributed by atoms with Crippen molar-refractivity contribution < 1.29 is 14.1 Å². The maximum absolute atomic E-state index is 12.6. The number of rotatable bonds is 4. The molecule has 3 aromatic rings. The molecule has 0 bridgehead atoms. The Labute approximate surface area is 143 Å². The highest BCUT2D eigenvalue weighted by molar-refractivity contribution is 6.33. The van der Waals surface area contributed by atoms with Crippen molar-refractivity contribution in [2.24, 2.45) is 0 Å². The summed E-state index contributed by atoms with van der Waals surface area (Å²) in [5.41, 5.74) is 1.90. The highest BCUT2D eigenvalue weighted by atomic mass is 35.5. The van der Waals surface area contributed by atoms with Crippen molar-refractivity contribution in [2.75, 3.05) is 12.4 Å². The number of nitrogens with one attached hydrogen (secondary N) is 1. The normalized spacial score (nSPS) is 10.5. The molecule has 7 heteroatoms. The molecule has 0 unspecified atom stereocenters. The van der Waals surface area contributed by atoms with E-state index in [1.54, 1.807) is 31.2 Å². The second kappa shape index (κ2) is 6.72. The zero-order valence-corrected chi connectivity index (χ0v) is 13.8. The van der Waals surface area contributed by atoms with Gasteiger partial charge >= 0.3 is 0 Å². The summed E-state index contributed by atoms with van der Waals surface area (Å²) < 4.78 is 10.2. The molecule has 0 saturated heterocycles. The molecular formula is C17H14ClN3O3. The van der Waals surface area contributed by atoms with E-state index in [1.807, 2.05) is 12.1 Å². The fourth-order valence-electron chi connectivity index (χ4n) is 2.25. The fraction of sp³-hybridized carbons (Fsp3) is 0.118. The molecule has 24 heavy (non-hydrogen) atoms. The van der Waals surface area contributed by atoms with E-state index in [0.29, 0.717) is 39.2 Å². The third-order valence-electron chi connectivity index (χ3n) is 3.42. The number of carbonyl (C=O) groups excluding carboxylic acids is 1. The van der Waals surface area contributed by atoms with E-state index in [2.05, 4.69) is 15.5 Å². The summed E-state index contributed by atoms with van der Waals surface area (Å²) in [6.07, 6.45) is 1.51. The Kier molecular flexibility index (Phi) is 4.48. The molecule has 1 aromatic carbocycles. The van der Waals surface area contributed by atoms with Gasteiger partial charge in [0.2, 0.25) is 5.88 Å². The molecule has 0 saturated carbocycles. The Morgan fingerprint density at radius 1 is 1.25 bits per heavy atom. The summed E-state index contributed by atoms with van der Waals surface area (Å²) in [6.45, 7) is 1.68. The van der Waals surface area contributed by atoms with Gasteiger partial charge in [-0.2, -0.15) is 0 Å². The molecule has 0 aliphatic carbocycles. The summed E-state index contributed by atoms with van der Waals surface area (Å²) in [7, 11) is 1.52. The van der Waals surface area contributed by atoms with Crippen molar-refractivity contribution in [1.82, 2.24) is 10.1 Å². The Morgan fingerprint density at radius 2 is 2.04 bits per heavy atom. The van der Waals surface area contributed by atoms with Crippen molar-refractivity contribution in [3.05, 3.63) is 58.9 Å². The quantitative estimate of drug-likeness (QED) is 0.775. The maximum Gasteiger partial charge on any atom is 0.261 e. The minimum absolute atomic E-state index is 0.332.